The van der Waals surface area contributed by atoms with Crippen molar-refractivity contribution < 1.29 is 9.18 Å². The molecular weight excluding hydrogens is 353 g/mol. The van der Waals surface area contributed by atoms with Gasteiger partial charge in [0.2, 0.25) is 5.91 Å². The number of aryl methyl sites for hydroxylation is 3. The Balaban J connectivity index is 1.70. The van der Waals surface area contributed by atoms with Gasteiger partial charge in [-0.15, -0.1) is 0 Å². The standard InChI is InChI=1S/C23H24FN3O/c1-15-5-6-19(16(2)11-15)13-23(28)26-25-14-20-12-17(3)27(18(20)4)22-9-7-21(24)8-10-22/h5-12,14H,13H2,1-4H3,(H,26,28)/b25-14+. The van der Waals surface area contributed by atoms with E-state index in [4.69, 9.17) is 0 Å². The van der Waals surface area contributed by atoms with E-state index in [1.165, 1.54) is 17.7 Å². The molecule has 0 unspecified atom stereocenters. The topological polar surface area (TPSA) is 46.4 Å². The second-order valence-electron chi connectivity index (χ2n) is 7.04. The highest BCUT2D eigenvalue weighted by molar-refractivity contribution is 5.85. The molecule has 0 spiro atoms. The molecule has 3 aromatic rings. The van der Waals surface area contributed by atoms with Crippen LogP contribution in [0.4, 0.5) is 4.39 Å². The Bertz CT molecular complexity index is 1030. The van der Waals surface area contributed by atoms with Crippen LogP contribution in [0.3, 0.4) is 0 Å². The molecule has 1 aromatic heterocycles. The van der Waals surface area contributed by atoms with E-state index in [0.717, 1.165) is 33.8 Å². The van der Waals surface area contributed by atoms with E-state index >= 15 is 0 Å². The number of benzene rings is 2. The molecule has 28 heavy (non-hydrogen) atoms. The molecule has 4 nitrogen and oxygen atoms in total. The van der Waals surface area contributed by atoms with E-state index in [-0.39, 0.29) is 18.1 Å². The molecule has 0 atom stereocenters. The third-order valence-electron chi connectivity index (χ3n) is 4.80. The molecule has 2 aromatic carbocycles. The van der Waals surface area contributed by atoms with Crippen molar-refractivity contribution in [3.05, 3.63) is 88.0 Å². The van der Waals surface area contributed by atoms with E-state index in [0.29, 0.717) is 0 Å². The van der Waals surface area contributed by atoms with Crippen LogP contribution in [-0.2, 0) is 11.2 Å². The Morgan fingerprint density at radius 2 is 1.79 bits per heavy atom. The van der Waals surface area contributed by atoms with Gasteiger partial charge in [0.05, 0.1) is 12.6 Å². The maximum atomic E-state index is 13.2. The summed E-state index contributed by atoms with van der Waals surface area (Å²) >= 11 is 0. The van der Waals surface area contributed by atoms with Crippen molar-refractivity contribution in [3.63, 3.8) is 0 Å². The summed E-state index contributed by atoms with van der Waals surface area (Å²) in [5.41, 5.74) is 9.62. The SMILES string of the molecule is Cc1ccc(CC(=O)N/N=C/c2cc(C)n(-c3ccc(F)cc3)c2C)c(C)c1. The van der Waals surface area contributed by atoms with Crippen LogP contribution in [-0.4, -0.2) is 16.7 Å². The van der Waals surface area contributed by atoms with E-state index in [1.54, 1.807) is 18.3 Å². The molecule has 1 heterocycles. The minimum Gasteiger partial charge on any atom is -0.318 e. The molecule has 1 amide bonds. The number of amides is 1. The summed E-state index contributed by atoms with van der Waals surface area (Å²) in [7, 11) is 0. The van der Waals surface area contributed by atoms with E-state index < -0.39 is 0 Å². The van der Waals surface area contributed by atoms with Crippen LogP contribution in [0.2, 0.25) is 0 Å². The van der Waals surface area contributed by atoms with E-state index in [1.807, 2.05) is 50.5 Å². The molecule has 0 fully saturated rings. The first-order chi connectivity index (χ1) is 13.3. The molecule has 0 aliphatic heterocycles. The van der Waals surface area contributed by atoms with Gasteiger partial charge in [0.25, 0.3) is 0 Å². The first-order valence-corrected chi connectivity index (χ1v) is 9.18. The second kappa shape index (κ2) is 8.21. The van der Waals surface area contributed by atoms with Gasteiger partial charge < -0.3 is 4.57 Å². The number of nitrogens with one attached hydrogen (secondary N) is 1. The monoisotopic (exact) mass is 377 g/mol. The van der Waals surface area contributed by atoms with Crippen LogP contribution in [0.15, 0.2) is 53.6 Å². The van der Waals surface area contributed by atoms with Gasteiger partial charge >= 0.3 is 0 Å². The number of halogens is 1. The largest absolute Gasteiger partial charge is 0.318 e. The van der Waals surface area contributed by atoms with Gasteiger partial charge in [-0.05, 0) is 69.2 Å². The number of nitrogens with zero attached hydrogens (tertiary/aromatic N) is 2. The number of hydrogen-bond acceptors (Lipinski definition) is 2. The van der Waals surface area contributed by atoms with Gasteiger partial charge in [0.1, 0.15) is 5.82 Å². The van der Waals surface area contributed by atoms with Gasteiger partial charge in [-0.2, -0.15) is 5.10 Å². The number of hydrazone groups is 1. The molecule has 1 N–H and O–H groups in total. The van der Waals surface area contributed by atoms with E-state index in [2.05, 4.69) is 16.6 Å². The number of rotatable bonds is 5. The predicted octanol–water partition coefficient (Wildman–Crippen LogP) is 4.54. The van der Waals surface area contributed by atoms with Gasteiger partial charge in [-0.3, -0.25) is 4.79 Å². The highest BCUT2D eigenvalue weighted by atomic mass is 19.1. The van der Waals surface area contributed by atoms with Crippen molar-refractivity contribution in [2.24, 2.45) is 5.10 Å². The molecule has 0 bridgehead atoms. The normalized spacial score (nSPS) is 11.2. The fraction of sp³-hybridized carbons (Fsp3) is 0.217. The second-order valence-corrected chi connectivity index (χ2v) is 7.04. The summed E-state index contributed by atoms with van der Waals surface area (Å²) in [4.78, 5) is 12.2. The molecule has 0 aliphatic carbocycles. The van der Waals surface area contributed by atoms with E-state index in [9.17, 15) is 9.18 Å². The Kier molecular flexibility index (Phi) is 5.73. The molecule has 144 valence electrons. The fourth-order valence-corrected chi connectivity index (χ4v) is 3.34. The van der Waals surface area contributed by atoms with Crippen molar-refractivity contribution in [2.75, 3.05) is 0 Å². The molecule has 0 saturated carbocycles. The lowest BCUT2D eigenvalue weighted by Crippen LogP contribution is -2.20. The smallest absolute Gasteiger partial charge is 0.244 e. The highest BCUT2D eigenvalue weighted by Gasteiger charge is 2.10. The van der Waals surface area contributed by atoms with Crippen LogP contribution in [0.5, 0.6) is 0 Å². The van der Waals surface area contributed by atoms with Crippen LogP contribution >= 0.6 is 0 Å². The average Bonchev–Trinajstić information content (AvgIpc) is 2.92. The van der Waals surface area contributed by atoms with Gasteiger partial charge in [0.15, 0.2) is 0 Å². The highest BCUT2D eigenvalue weighted by Crippen LogP contribution is 2.20. The summed E-state index contributed by atoms with van der Waals surface area (Å²) in [6.07, 6.45) is 1.93. The minimum atomic E-state index is -0.264. The van der Waals surface area contributed by atoms with Crippen LogP contribution < -0.4 is 5.43 Å². The Morgan fingerprint density at radius 1 is 1.07 bits per heavy atom. The predicted molar refractivity (Wildman–Crippen MR) is 111 cm³/mol. The zero-order valence-corrected chi connectivity index (χ0v) is 16.6. The van der Waals surface area contributed by atoms with Crippen molar-refractivity contribution >= 4 is 12.1 Å². The van der Waals surface area contributed by atoms with Crippen LogP contribution in [0.25, 0.3) is 5.69 Å². The quantitative estimate of drug-likeness (QED) is 0.515. The molecule has 0 aliphatic rings. The van der Waals surface area contributed by atoms with Crippen molar-refractivity contribution in [1.82, 2.24) is 9.99 Å². The van der Waals surface area contributed by atoms with Crippen molar-refractivity contribution in [3.8, 4) is 5.69 Å². The lowest BCUT2D eigenvalue weighted by Gasteiger charge is -2.09. The molecule has 3 rings (SSSR count). The number of aromatic nitrogens is 1. The molecular formula is C23H24FN3O. The molecule has 0 radical (unpaired) electrons. The maximum absolute atomic E-state index is 13.2. The van der Waals surface area contributed by atoms with Crippen molar-refractivity contribution in [2.45, 2.75) is 34.1 Å². The fourth-order valence-electron chi connectivity index (χ4n) is 3.34. The summed E-state index contributed by atoms with van der Waals surface area (Å²) in [6, 6.07) is 14.4. The zero-order valence-electron chi connectivity index (χ0n) is 16.6. The Morgan fingerprint density at radius 3 is 2.46 bits per heavy atom. The number of hydrogen-bond donors (Lipinski definition) is 1. The number of carbonyl (C=O) groups is 1. The Hall–Kier alpha value is -3.21. The first kappa shape index (κ1) is 19.5. The van der Waals surface area contributed by atoms with Gasteiger partial charge in [-0.1, -0.05) is 23.8 Å². The molecule has 0 saturated heterocycles. The summed E-state index contributed by atoms with van der Waals surface area (Å²) < 4.78 is 15.2. The lowest BCUT2D eigenvalue weighted by molar-refractivity contribution is -0.120. The van der Waals surface area contributed by atoms with Gasteiger partial charge in [0, 0.05) is 22.6 Å². The first-order valence-electron chi connectivity index (χ1n) is 9.18. The average molecular weight is 377 g/mol. The third kappa shape index (κ3) is 4.36. The zero-order chi connectivity index (χ0) is 20.3. The third-order valence-corrected chi connectivity index (χ3v) is 4.80. The van der Waals surface area contributed by atoms with Gasteiger partial charge in [-0.25, -0.2) is 9.82 Å². The van der Waals surface area contributed by atoms with Crippen LogP contribution in [0.1, 0.15) is 33.6 Å². The van der Waals surface area contributed by atoms with Crippen molar-refractivity contribution in [1.29, 1.82) is 0 Å². The number of carbonyl (C=O) groups excluding carboxylic acids is 1. The minimum absolute atomic E-state index is 0.157. The summed E-state index contributed by atoms with van der Waals surface area (Å²) in [5, 5.41) is 4.11. The summed E-state index contributed by atoms with van der Waals surface area (Å²) in [5.74, 6) is -0.421. The van der Waals surface area contributed by atoms with Crippen LogP contribution in [0, 0.1) is 33.5 Å². The maximum Gasteiger partial charge on any atom is 0.244 e. The summed E-state index contributed by atoms with van der Waals surface area (Å²) in [6.45, 7) is 7.98. The Labute approximate surface area is 164 Å². The molecule has 5 heteroatoms. The lowest BCUT2D eigenvalue weighted by atomic mass is 10.0.